The van der Waals surface area contributed by atoms with E-state index in [0.717, 1.165) is 11.1 Å². The fourth-order valence-corrected chi connectivity index (χ4v) is 3.16. The van der Waals surface area contributed by atoms with Crippen LogP contribution >= 0.6 is 11.6 Å². The third kappa shape index (κ3) is 3.06. The summed E-state index contributed by atoms with van der Waals surface area (Å²) in [6, 6.07) is 10.4. The van der Waals surface area contributed by atoms with Gasteiger partial charge in [-0.1, -0.05) is 23.7 Å². The molecule has 26 heavy (non-hydrogen) atoms. The Bertz CT molecular complexity index is 930. The number of hydrogen-bond acceptors (Lipinski definition) is 4. The number of carbonyl (C=O) groups excluding carboxylic acids is 1. The van der Waals surface area contributed by atoms with E-state index in [1.165, 1.54) is 4.90 Å². The molecule has 0 bridgehead atoms. The maximum atomic E-state index is 15.3. The average Bonchev–Trinajstić information content (AvgIpc) is 3.24. The summed E-state index contributed by atoms with van der Waals surface area (Å²) in [6.07, 6.45) is 3.36. The summed E-state index contributed by atoms with van der Waals surface area (Å²) in [5.41, 5.74) is -0.471. The van der Waals surface area contributed by atoms with Crippen LogP contribution in [0.15, 0.2) is 48.8 Å². The Labute approximate surface area is 154 Å². The number of benzene rings is 1. The predicted molar refractivity (Wildman–Crippen MR) is 95.6 cm³/mol. The van der Waals surface area contributed by atoms with Crippen LogP contribution in [-0.4, -0.2) is 38.3 Å². The number of halogens is 2. The molecule has 132 valence electrons. The first-order valence-electron chi connectivity index (χ1n) is 8.13. The Kier molecular flexibility index (Phi) is 4.16. The number of aromatic nitrogens is 4. The Morgan fingerprint density at radius 2 is 1.92 bits per heavy atom. The van der Waals surface area contributed by atoms with Crippen LogP contribution in [0.25, 0.3) is 11.4 Å². The Morgan fingerprint density at radius 1 is 1.19 bits per heavy atom. The highest BCUT2D eigenvalue weighted by Crippen LogP contribution is 2.33. The number of hydrogen-bond donors (Lipinski definition) is 1. The molecule has 8 heteroatoms. The van der Waals surface area contributed by atoms with Gasteiger partial charge in [0.05, 0.1) is 0 Å². The average molecular weight is 372 g/mol. The molecule has 3 aromatic rings. The first-order valence-corrected chi connectivity index (χ1v) is 8.51. The third-order valence-electron chi connectivity index (χ3n) is 4.43. The molecule has 1 fully saturated rings. The van der Waals surface area contributed by atoms with Crippen LogP contribution in [0.3, 0.4) is 0 Å². The van der Waals surface area contributed by atoms with Crippen LogP contribution in [0.2, 0.25) is 5.02 Å². The van der Waals surface area contributed by atoms with Crippen LogP contribution in [-0.2, 0) is 11.2 Å². The van der Waals surface area contributed by atoms with Crippen LogP contribution in [0.4, 0.5) is 10.3 Å². The maximum Gasteiger partial charge on any atom is 0.267 e. The van der Waals surface area contributed by atoms with Gasteiger partial charge in [0.25, 0.3) is 5.91 Å². The zero-order valence-corrected chi connectivity index (χ0v) is 14.4. The standard InChI is InChI=1S/C18H15ClFN5O/c19-14-3-1-12(2-4-14)11-18(20)7-10-25(16(18)26)17-22-15(23-24-17)13-5-8-21-9-6-13/h1-6,8-9H,7,10-11H2,(H,22,23,24)/t18-/m0/s1. The molecule has 4 rings (SSSR count). The molecule has 1 aromatic carbocycles. The molecule has 1 atom stereocenters. The molecule has 1 aliphatic rings. The van der Waals surface area contributed by atoms with E-state index in [0.29, 0.717) is 10.8 Å². The van der Waals surface area contributed by atoms with Crippen LogP contribution < -0.4 is 4.90 Å². The molecule has 1 aliphatic heterocycles. The van der Waals surface area contributed by atoms with Crippen molar-refractivity contribution >= 4 is 23.5 Å². The smallest absolute Gasteiger partial charge is 0.267 e. The van der Waals surface area contributed by atoms with Crippen molar-refractivity contribution in [3.05, 3.63) is 59.4 Å². The van der Waals surface area contributed by atoms with Gasteiger partial charge in [0, 0.05) is 42.4 Å². The summed E-state index contributed by atoms with van der Waals surface area (Å²) in [5.74, 6) is 0.0755. The number of nitrogens with zero attached hydrogens (tertiary/aromatic N) is 4. The number of carbonyl (C=O) groups is 1. The summed E-state index contributed by atoms with van der Waals surface area (Å²) in [5, 5.41) is 7.41. The Morgan fingerprint density at radius 3 is 2.65 bits per heavy atom. The lowest BCUT2D eigenvalue weighted by Gasteiger charge is -2.18. The highest BCUT2D eigenvalue weighted by atomic mass is 35.5. The van der Waals surface area contributed by atoms with Gasteiger partial charge in [-0.2, -0.15) is 10.1 Å². The molecule has 2 aromatic heterocycles. The largest absolute Gasteiger partial charge is 0.278 e. The SMILES string of the molecule is O=C1N(c2nc(-c3ccncc3)n[nH]2)CC[C@]1(F)Cc1ccc(Cl)cc1. The number of anilines is 1. The highest BCUT2D eigenvalue weighted by Gasteiger charge is 2.48. The van der Waals surface area contributed by atoms with E-state index in [-0.39, 0.29) is 25.3 Å². The second-order valence-corrected chi connectivity index (χ2v) is 6.63. The molecule has 1 saturated heterocycles. The fourth-order valence-electron chi connectivity index (χ4n) is 3.04. The molecule has 0 saturated carbocycles. The van der Waals surface area contributed by atoms with Gasteiger partial charge in [0.15, 0.2) is 11.5 Å². The molecule has 6 nitrogen and oxygen atoms in total. The fraction of sp³-hybridized carbons (Fsp3) is 0.222. The quantitative estimate of drug-likeness (QED) is 0.764. The van der Waals surface area contributed by atoms with Crippen molar-refractivity contribution in [1.82, 2.24) is 20.2 Å². The first-order chi connectivity index (χ1) is 12.5. The monoisotopic (exact) mass is 371 g/mol. The Balaban J connectivity index is 1.54. The molecular formula is C18H15ClFN5O. The molecule has 3 heterocycles. The van der Waals surface area contributed by atoms with E-state index in [1.807, 2.05) is 0 Å². The van der Waals surface area contributed by atoms with Crippen molar-refractivity contribution in [3.8, 4) is 11.4 Å². The van der Waals surface area contributed by atoms with E-state index < -0.39 is 11.6 Å². The number of pyridine rings is 1. The van der Waals surface area contributed by atoms with E-state index in [9.17, 15) is 4.79 Å². The summed E-state index contributed by atoms with van der Waals surface area (Å²) < 4.78 is 15.3. The van der Waals surface area contributed by atoms with Gasteiger partial charge in [-0.25, -0.2) is 9.49 Å². The van der Waals surface area contributed by atoms with Gasteiger partial charge in [-0.3, -0.25) is 14.7 Å². The van der Waals surface area contributed by atoms with E-state index in [1.54, 1.807) is 48.8 Å². The molecule has 1 N–H and O–H groups in total. The van der Waals surface area contributed by atoms with E-state index >= 15 is 4.39 Å². The van der Waals surface area contributed by atoms with Crippen LogP contribution in [0, 0.1) is 0 Å². The summed E-state index contributed by atoms with van der Waals surface area (Å²) in [4.78, 5) is 22.3. The van der Waals surface area contributed by atoms with Gasteiger partial charge in [0.2, 0.25) is 5.95 Å². The molecule has 0 aliphatic carbocycles. The molecule has 0 radical (unpaired) electrons. The van der Waals surface area contributed by atoms with E-state index in [4.69, 9.17) is 11.6 Å². The van der Waals surface area contributed by atoms with Gasteiger partial charge < -0.3 is 0 Å². The number of nitrogens with one attached hydrogen (secondary N) is 1. The van der Waals surface area contributed by atoms with Gasteiger partial charge in [-0.15, -0.1) is 0 Å². The summed E-state index contributed by atoms with van der Waals surface area (Å²) >= 11 is 5.86. The molecule has 0 spiro atoms. The maximum absolute atomic E-state index is 15.3. The Hall–Kier alpha value is -2.80. The second-order valence-electron chi connectivity index (χ2n) is 6.19. The van der Waals surface area contributed by atoms with Crippen LogP contribution in [0.1, 0.15) is 12.0 Å². The normalized spacial score (nSPS) is 19.9. The van der Waals surface area contributed by atoms with Crippen LogP contribution in [0.5, 0.6) is 0 Å². The summed E-state index contributed by atoms with van der Waals surface area (Å²) in [7, 11) is 0. The third-order valence-corrected chi connectivity index (χ3v) is 4.68. The number of H-pyrrole nitrogens is 1. The van der Waals surface area contributed by atoms with Crippen molar-refractivity contribution in [2.24, 2.45) is 0 Å². The van der Waals surface area contributed by atoms with Crippen molar-refractivity contribution in [2.75, 3.05) is 11.4 Å². The van der Waals surface area contributed by atoms with Crippen molar-refractivity contribution in [3.63, 3.8) is 0 Å². The molecular weight excluding hydrogens is 357 g/mol. The predicted octanol–water partition coefficient (Wildman–Crippen LogP) is 3.21. The number of rotatable bonds is 4. The lowest BCUT2D eigenvalue weighted by molar-refractivity contribution is -0.127. The van der Waals surface area contributed by atoms with Gasteiger partial charge in [-0.05, 0) is 29.8 Å². The minimum atomic E-state index is -1.96. The molecule has 0 unspecified atom stereocenters. The lowest BCUT2D eigenvalue weighted by Crippen LogP contribution is -2.38. The minimum absolute atomic E-state index is 0.00481. The van der Waals surface area contributed by atoms with Crippen molar-refractivity contribution in [2.45, 2.75) is 18.5 Å². The second kappa shape index (κ2) is 6.49. The molecule has 1 amide bonds. The van der Waals surface area contributed by atoms with Gasteiger partial charge in [0.1, 0.15) is 0 Å². The van der Waals surface area contributed by atoms with Crippen molar-refractivity contribution < 1.29 is 9.18 Å². The van der Waals surface area contributed by atoms with Crippen molar-refractivity contribution in [1.29, 1.82) is 0 Å². The number of aromatic amines is 1. The van der Waals surface area contributed by atoms with Gasteiger partial charge >= 0.3 is 0 Å². The lowest BCUT2D eigenvalue weighted by atomic mass is 9.95. The zero-order valence-electron chi connectivity index (χ0n) is 13.7. The van der Waals surface area contributed by atoms with E-state index in [2.05, 4.69) is 20.2 Å². The highest BCUT2D eigenvalue weighted by molar-refractivity contribution is 6.30. The first kappa shape index (κ1) is 16.7. The number of amides is 1. The zero-order chi connectivity index (χ0) is 18.1. The number of alkyl halides is 1. The topological polar surface area (TPSA) is 74.8 Å². The minimum Gasteiger partial charge on any atom is -0.278 e. The summed E-state index contributed by atoms with van der Waals surface area (Å²) in [6.45, 7) is 0.244.